The van der Waals surface area contributed by atoms with E-state index in [4.69, 9.17) is 14.2 Å². The second-order valence-corrected chi connectivity index (χ2v) is 24.7. The van der Waals surface area contributed by atoms with Crippen molar-refractivity contribution < 1.29 is 19.0 Å². The van der Waals surface area contributed by atoms with E-state index in [2.05, 4.69) is 34.3 Å². The summed E-state index contributed by atoms with van der Waals surface area (Å²) in [5, 5.41) is 0. The van der Waals surface area contributed by atoms with Crippen LogP contribution >= 0.6 is 0 Å². The third kappa shape index (κ3) is 59.1. The lowest BCUT2D eigenvalue weighted by molar-refractivity contribution is -0.152. The molecule has 0 aliphatic rings. The third-order valence-electron chi connectivity index (χ3n) is 16.8. The molecule has 0 rings (SSSR count). The van der Waals surface area contributed by atoms with Gasteiger partial charge in [-0.2, -0.15) is 0 Å². The van der Waals surface area contributed by atoms with E-state index in [0.717, 1.165) is 13.2 Å². The summed E-state index contributed by atoms with van der Waals surface area (Å²) in [4.78, 5) is 12.9. The second kappa shape index (κ2) is 64.0. The van der Waals surface area contributed by atoms with Crippen molar-refractivity contribution in [3.63, 3.8) is 0 Å². The summed E-state index contributed by atoms with van der Waals surface area (Å²) in [5.74, 6) is 0.834. The molecule has 448 valence electrons. The van der Waals surface area contributed by atoms with Crippen molar-refractivity contribution in [2.45, 2.75) is 400 Å². The Balaban J connectivity index is 5.12. The molecule has 0 heterocycles. The summed E-state index contributed by atoms with van der Waals surface area (Å²) in [7, 11) is 0. The number of unbranched alkanes of at least 4 members (excludes halogenated alkanes) is 48. The fraction of sp³-hybridized carbons (Fsp3) is 0.958. The summed E-state index contributed by atoms with van der Waals surface area (Å²) in [6.45, 7) is 17.2. The van der Waals surface area contributed by atoms with Crippen LogP contribution in [0.4, 0.5) is 0 Å². The fourth-order valence-electron chi connectivity index (χ4n) is 11.5. The van der Waals surface area contributed by atoms with Crippen molar-refractivity contribution in [3.05, 3.63) is 12.2 Å². The zero-order chi connectivity index (χ0) is 54.4. The zero-order valence-corrected chi connectivity index (χ0v) is 52.5. The molecule has 0 aromatic carbocycles. The van der Waals surface area contributed by atoms with Crippen molar-refractivity contribution in [1.29, 1.82) is 0 Å². The zero-order valence-electron chi connectivity index (χ0n) is 52.5. The minimum absolute atomic E-state index is 0.321. The third-order valence-corrected chi connectivity index (χ3v) is 16.8. The van der Waals surface area contributed by atoms with E-state index in [1.165, 1.54) is 360 Å². The molecule has 0 aromatic heterocycles. The van der Waals surface area contributed by atoms with Crippen LogP contribution in [0.5, 0.6) is 0 Å². The first kappa shape index (κ1) is 74.1. The maximum atomic E-state index is 12.9. The Labute approximate surface area is 473 Å². The summed E-state index contributed by atoms with van der Waals surface area (Å²) < 4.78 is 19.1. The second-order valence-electron chi connectivity index (χ2n) is 24.7. The average Bonchev–Trinajstić information content (AvgIpc) is 3.41. The van der Waals surface area contributed by atoms with E-state index in [9.17, 15) is 4.79 Å². The molecule has 0 saturated carbocycles. The van der Waals surface area contributed by atoms with Gasteiger partial charge in [0.05, 0.1) is 13.2 Å². The highest BCUT2D eigenvalue weighted by Gasteiger charge is 2.19. The summed E-state index contributed by atoms with van der Waals surface area (Å²) in [6.07, 6.45) is 77.3. The van der Waals surface area contributed by atoms with Crippen LogP contribution in [0.15, 0.2) is 12.2 Å². The summed E-state index contributed by atoms with van der Waals surface area (Å²) in [6, 6.07) is 0. The molecule has 0 radical (unpaired) electrons. The number of carbonyl (C=O) groups excluding carboxylic acids is 1. The van der Waals surface area contributed by atoms with Gasteiger partial charge < -0.3 is 14.2 Å². The maximum Gasteiger partial charge on any atom is 0.333 e. The van der Waals surface area contributed by atoms with Gasteiger partial charge in [0.2, 0.25) is 0 Å². The first-order valence-electron chi connectivity index (χ1n) is 35.0. The normalized spacial score (nSPS) is 12.9. The van der Waals surface area contributed by atoms with Crippen molar-refractivity contribution in [3.8, 4) is 0 Å². The van der Waals surface area contributed by atoms with Crippen molar-refractivity contribution in [2.75, 3.05) is 26.4 Å². The van der Waals surface area contributed by atoms with Gasteiger partial charge in [0, 0.05) is 18.8 Å². The van der Waals surface area contributed by atoms with Crippen LogP contribution < -0.4 is 0 Å². The smallest absolute Gasteiger partial charge is 0.333 e. The SMILES string of the molecule is C=C(C)C(=O)OC(COCC(CCCCCCCCCCCCCC)CCCCCCCCCCCCCCCC)COCC(CCCCCCCCCCCCCC)CCCCCCCCCCCCCCCC. The number of esters is 1. The molecular formula is C71H140O4. The molecule has 0 aliphatic heterocycles. The number of ether oxygens (including phenoxy) is 3. The highest BCUT2D eigenvalue weighted by Crippen LogP contribution is 2.24. The van der Waals surface area contributed by atoms with Crippen molar-refractivity contribution in [1.82, 2.24) is 0 Å². The van der Waals surface area contributed by atoms with Gasteiger partial charge in [0.15, 0.2) is 0 Å². The van der Waals surface area contributed by atoms with Gasteiger partial charge in [0.1, 0.15) is 6.10 Å². The van der Waals surface area contributed by atoms with E-state index in [-0.39, 0.29) is 5.97 Å². The van der Waals surface area contributed by atoms with Crippen molar-refractivity contribution >= 4 is 5.97 Å². The van der Waals surface area contributed by atoms with Crippen LogP contribution in [-0.2, 0) is 19.0 Å². The molecule has 0 N–H and O–H groups in total. The predicted octanol–water partition coefficient (Wildman–Crippen LogP) is 24.7. The molecule has 2 atom stereocenters. The standard InChI is InChI=1S/C71H140O4/c1-7-11-15-19-23-27-31-35-37-41-45-49-53-57-61-68(59-55-51-47-43-39-33-29-25-21-17-13-9-3)63-73-65-70(75-71(72)67(5)6)66-74-64-69(60-56-52-48-44-40-34-30-26-22-18-14-10-4)62-58-54-50-46-42-38-36-32-28-24-20-16-12-8-2/h68-70H,5,7-66H2,1-4,6H3. The number of hydrogen-bond donors (Lipinski definition) is 0. The lowest BCUT2D eigenvalue weighted by Crippen LogP contribution is -2.30. The first-order chi connectivity index (χ1) is 37.0. The van der Waals surface area contributed by atoms with Gasteiger partial charge in [-0.15, -0.1) is 0 Å². The highest BCUT2D eigenvalue weighted by molar-refractivity contribution is 5.87. The molecular weight excluding hydrogens is 917 g/mol. The van der Waals surface area contributed by atoms with Gasteiger partial charge >= 0.3 is 5.97 Å². The minimum atomic E-state index is -0.393. The van der Waals surface area contributed by atoms with Crippen LogP contribution in [0.2, 0.25) is 0 Å². The molecule has 4 nitrogen and oxygen atoms in total. The molecule has 0 bridgehead atoms. The largest absolute Gasteiger partial charge is 0.454 e. The number of rotatable bonds is 66. The topological polar surface area (TPSA) is 44.8 Å². The highest BCUT2D eigenvalue weighted by atomic mass is 16.6. The summed E-state index contributed by atoms with van der Waals surface area (Å²) in [5.41, 5.74) is 0.449. The first-order valence-corrected chi connectivity index (χ1v) is 35.0. The van der Waals surface area contributed by atoms with E-state index < -0.39 is 6.10 Å². The predicted molar refractivity (Wildman–Crippen MR) is 335 cm³/mol. The summed E-state index contributed by atoms with van der Waals surface area (Å²) >= 11 is 0. The minimum Gasteiger partial charge on any atom is -0.454 e. The Hall–Kier alpha value is -0.870. The average molecular weight is 1060 g/mol. The van der Waals surface area contributed by atoms with Gasteiger partial charge in [-0.25, -0.2) is 4.79 Å². The maximum absolute atomic E-state index is 12.9. The Kier molecular flexibility index (Phi) is 63.2. The molecule has 0 spiro atoms. The lowest BCUT2D eigenvalue weighted by atomic mass is 9.94. The van der Waals surface area contributed by atoms with Gasteiger partial charge in [-0.3, -0.25) is 0 Å². The van der Waals surface area contributed by atoms with E-state index in [1.807, 2.05) is 0 Å². The molecule has 0 amide bonds. The van der Waals surface area contributed by atoms with E-state index in [0.29, 0.717) is 30.6 Å². The van der Waals surface area contributed by atoms with Crippen molar-refractivity contribution in [2.24, 2.45) is 11.8 Å². The van der Waals surface area contributed by atoms with Gasteiger partial charge in [-0.1, -0.05) is 368 Å². The quantitative estimate of drug-likeness (QED) is 0.0346. The molecule has 2 unspecified atom stereocenters. The van der Waals surface area contributed by atoms with Crippen LogP contribution in [0, 0.1) is 11.8 Å². The van der Waals surface area contributed by atoms with Gasteiger partial charge in [0.25, 0.3) is 0 Å². The van der Waals surface area contributed by atoms with Gasteiger partial charge in [-0.05, 0) is 44.4 Å². The van der Waals surface area contributed by atoms with E-state index >= 15 is 0 Å². The lowest BCUT2D eigenvalue weighted by Gasteiger charge is -2.23. The Morgan fingerprint density at radius 3 is 0.627 bits per heavy atom. The Bertz CT molecular complexity index is 1020. The molecule has 0 fully saturated rings. The Morgan fingerprint density at radius 1 is 0.280 bits per heavy atom. The molecule has 0 aromatic rings. The number of hydrogen-bond acceptors (Lipinski definition) is 4. The molecule has 4 heteroatoms. The molecule has 0 aliphatic carbocycles. The Morgan fingerprint density at radius 2 is 0.453 bits per heavy atom. The van der Waals surface area contributed by atoms with Crippen LogP contribution in [0.1, 0.15) is 394 Å². The van der Waals surface area contributed by atoms with Crippen LogP contribution in [0.25, 0.3) is 0 Å². The molecule has 0 saturated heterocycles. The number of carbonyl (C=O) groups is 1. The van der Waals surface area contributed by atoms with Crippen LogP contribution in [0.3, 0.4) is 0 Å². The molecule has 75 heavy (non-hydrogen) atoms. The van der Waals surface area contributed by atoms with E-state index in [1.54, 1.807) is 6.92 Å². The fourth-order valence-corrected chi connectivity index (χ4v) is 11.5. The monoisotopic (exact) mass is 1060 g/mol. The van der Waals surface area contributed by atoms with Crippen LogP contribution in [-0.4, -0.2) is 38.5 Å².